The van der Waals surface area contributed by atoms with Gasteiger partial charge in [0.25, 0.3) is 0 Å². The molecule has 1 unspecified atom stereocenters. The van der Waals surface area contributed by atoms with Crippen molar-refractivity contribution in [2.75, 3.05) is 5.75 Å². The van der Waals surface area contributed by atoms with Crippen molar-refractivity contribution in [1.29, 1.82) is 0 Å². The largest absolute Gasteiger partial charge is 0.353 e. The summed E-state index contributed by atoms with van der Waals surface area (Å²) >= 11 is 0. The lowest BCUT2D eigenvalue weighted by molar-refractivity contribution is -0.119. The average molecular weight is 311 g/mol. The molecule has 1 aromatic rings. The van der Waals surface area contributed by atoms with Crippen LogP contribution in [-0.2, 0) is 21.3 Å². The van der Waals surface area contributed by atoms with Crippen molar-refractivity contribution in [2.24, 2.45) is 5.92 Å². The molecule has 0 spiro atoms. The Labute approximate surface area is 127 Å². The summed E-state index contributed by atoms with van der Waals surface area (Å²) in [7, 11) is -1.30. The van der Waals surface area contributed by atoms with Crippen LogP contribution in [0.3, 0.4) is 0 Å². The quantitative estimate of drug-likeness (QED) is 0.909. The molecule has 0 heterocycles. The first-order valence-corrected chi connectivity index (χ1v) is 8.90. The van der Waals surface area contributed by atoms with Crippen molar-refractivity contribution in [3.8, 4) is 0 Å². The Hall–Kier alpha value is -1.23. The number of carbonyl (C=O) groups is 1. The van der Waals surface area contributed by atoms with Gasteiger partial charge >= 0.3 is 0 Å². The predicted octanol–water partition coefficient (Wildman–Crippen LogP) is 2.77. The van der Waals surface area contributed by atoms with E-state index in [9.17, 15) is 13.4 Å². The Bertz CT molecular complexity index is 513. The van der Waals surface area contributed by atoms with Gasteiger partial charge in [-0.1, -0.05) is 19.1 Å². The summed E-state index contributed by atoms with van der Waals surface area (Å²) in [6.07, 6.45) is 4.28. The van der Waals surface area contributed by atoms with E-state index in [1.165, 1.54) is 12.1 Å². The normalized spacial score (nSPS) is 23.5. The average Bonchev–Trinajstić information content (AvgIpc) is 2.41. The van der Waals surface area contributed by atoms with E-state index in [0.29, 0.717) is 5.56 Å². The highest BCUT2D eigenvalue weighted by Gasteiger charge is 2.20. The molecule has 1 N–H and O–H groups in total. The van der Waals surface area contributed by atoms with E-state index in [4.69, 9.17) is 0 Å². The third-order valence-corrected chi connectivity index (χ3v) is 5.13. The lowest BCUT2D eigenvalue weighted by Crippen LogP contribution is -2.39. The fourth-order valence-electron chi connectivity index (χ4n) is 2.68. The van der Waals surface area contributed by atoms with Crippen molar-refractivity contribution in [3.05, 3.63) is 35.6 Å². The highest BCUT2D eigenvalue weighted by Crippen LogP contribution is 2.23. The first kappa shape index (κ1) is 16.1. The molecule has 3 nitrogen and oxygen atoms in total. The van der Waals surface area contributed by atoms with Gasteiger partial charge in [-0.25, -0.2) is 4.39 Å². The van der Waals surface area contributed by atoms with E-state index >= 15 is 0 Å². The van der Waals surface area contributed by atoms with Crippen molar-refractivity contribution in [2.45, 2.75) is 44.4 Å². The Morgan fingerprint density at radius 2 is 2.05 bits per heavy atom. The minimum atomic E-state index is -1.30. The molecule has 2 rings (SSSR count). The van der Waals surface area contributed by atoms with Gasteiger partial charge in [-0.2, -0.15) is 0 Å². The summed E-state index contributed by atoms with van der Waals surface area (Å²) in [5.41, 5.74) is 0.660. The van der Waals surface area contributed by atoms with Crippen LogP contribution in [0.25, 0.3) is 0 Å². The van der Waals surface area contributed by atoms with Gasteiger partial charge in [-0.3, -0.25) is 9.00 Å². The van der Waals surface area contributed by atoms with Gasteiger partial charge in [0, 0.05) is 22.6 Å². The van der Waals surface area contributed by atoms with Crippen molar-refractivity contribution >= 4 is 16.7 Å². The van der Waals surface area contributed by atoms with Crippen LogP contribution >= 0.6 is 0 Å². The highest BCUT2D eigenvalue weighted by atomic mass is 32.2. The van der Waals surface area contributed by atoms with E-state index in [1.807, 2.05) is 0 Å². The van der Waals surface area contributed by atoms with Crippen LogP contribution in [0, 0.1) is 11.7 Å². The molecule has 116 valence electrons. The van der Waals surface area contributed by atoms with E-state index in [-0.39, 0.29) is 29.3 Å². The SMILES string of the molecule is CC1CCC(NC(=O)CS(=O)Cc2cccc(F)c2)CC1. The summed E-state index contributed by atoms with van der Waals surface area (Å²) < 4.78 is 25.0. The molecule has 0 saturated heterocycles. The first-order chi connectivity index (χ1) is 10.0. The standard InChI is InChI=1S/C16H22FNO2S/c1-12-5-7-15(8-6-12)18-16(19)11-21(20)10-13-3-2-4-14(17)9-13/h2-4,9,12,15H,5-8,10-11H2,1H3,(H,18,19). The van der Waals surface area contributed by atoms with Gasteiger partial charge < -0.3 is 5.32 Å². The maximum atomic E-state index is 13.0. The molecule has 0 aromatic heterocycles. The van der Waals surface area contributed by atoms with Gasteiger partial charge in [-0.15, -0.1) is 0 Å². The van der Waals surface area contributed by atoms with Crippen LogP contribution in [0.1, 0.15) is 38.2 Å². The van der Waals surface area contributed by atoms with Crippen LogP contribution in [0.2, 0.25) is 0 Å². The molecular weight excluding hydrogens is 289 g/mol. The monoisotopic (exact) mass is 311 g/mol. The van der Waals surface area contributed by atoms with Crippen molar-refractivity contribution in [3.63, 3.8) is 0 Å². The number of benzene rings is 1. The van der Waals surface area contributed by atoms with E-state index in [0.717, 1.165) is 31.6 Å². The molecule has 1 amide bonds. The van der Waals surface area contributed by atoms with Crippen LogP contribution in [0.4, 0.5) is 4.39 Å². The van der Waals surface area contributed by atoms with Gasteiger partial charge in [0.15, 0.2) is 0 Å². The summed E-state index contributed by atoms with van der Waals surface area (Å²) in [4.78, 5) is 11.9. The molecule has 1 atom stereocenters. The van der Waals surface area contributed by atoms with E-state index in [2.05, 4.69) is 12.2 Å². The van der Waals surface area contributed by atoms with Crippen LogP contribution in [-0.4, -0.2) is 21.9 Å². The Morgan fingerprint density at radius 1 is 1.33 bits per heavy atom. The van der Waals surface area contributed by atoms with Crippen LogP contribution < -0.4 is 5.32 Å². The first-order valence-electron chi connectivity index (χ1n) is 7.41. The third kappa shape index (κ3) is 5.58. The lowest BCUT2D eigenvalue weighted by atomic mass is 9.87. The number of rotatable bonds is 5. The molecule has 1 aliphatic carbocycles. The molecule has 0 radical (unpaired) electrons. The molecular formula is C16H22FNO2S. The second-order valence-corrected chi connectivity index (χ2v) is 7.34. The van der Waals surface area contributed by atoms with Gasteiger partial charge in [0.1, 0.15) is 11.6 Å². The number of carbonyl (C=O) groups excluding carboxylic acids is 1. The van der Waals surface area contributed by atoms with Gasteiger partial charge in [0.05, 0.1) is 0 Å². The van der Waals surface area contributed by atoms with E-state index < -0.39 is 10.8 Å². The zero-order valence-electron chi connectivity index (χ0n) is 12.3. The third-order valence-electron chi connectivity index (χ3n) is 3.89. The zero-order valence-corrected chi connectivity index (χ0v) is 13.1. The maximum absolute atomic E-state index is 13.0. The number of hydrogen-bond acceptors (Lipinski definition) is 2. The molecule has 1 aliphatic rings. The number of halogens is 1. The highest BCUT2D eigenvalue weighted by molar-refractivity contribution is 7.84. The molecule has 1 aromatic carbocycles. The molecule has 1 saturated carbocycles. The number of amides is 1. The van der Waals surface area contributed by atoms with Gasteiger partial charge in [-0.05, 0) is 49.3 Å². The second-order valence-electron chi connectivity index (χ2n) is 5.88. The second kappa shape index (κ2) is 7.69. The van der Waals surface area contributed by atoms with Crippen molar-refractivity contribution < 1.29 is 13.4 Å². The Balaban J connectivity index is 1.76. The minimum Gasteiger partial charge on any atom is -0.353 e. The summed E-state index contributed by atoms with van der Waals surface area (Å²) in [5.74, 6) is 0.435. The van der Waals surface area contributed by atoms with Crippen LogP contribution in [0.15, 0.2) is 24.3 Å². The topological polar surface area (TPSA) is 46.2 Å². The number of hydrogen-bond donors (Lipinski definition) is 1. The summed E-state index contributed by atoms with van der Waals surface area (Å²) in [6, 6.07) is 6.24. The fourth-order valence-corrected chi connectivity index (χ4v) is 3.71. The van der Waals surface area contributed by atoms with Crippen LogP contribution in [0.5, 0.6) is 0 Å². The predicted molar refractivity (Wildman–Crippen MR) is 82.7 cm³/mol. The molecule has 5 heteroatoms. The molecule has 0 bridgehead atoms. The smallest absolute Gasteiger partial charge is 0.232 e. The van der Waals surface area contributed by atoms with Gasteiger partial charge in [0.2, 0.25) is 5.91 Å². The lowest BCUT2D eigenvalue weighted by Gasteiger charge is -2.26. The fraction of sp³-hybridized carbons (Fsp3) is 0.562. The molecule has 21 heavy (non-hydrogen) atoms. The minimum absolute atomic E-state index is 0.0113. The zero-order chi connectivity index (χ0) is 15.2. The summed E-state index contributed by atoms with van der Waals surface area (Å²) in [6.45, 7) is 2.23. The summed E-state index contributed by atoms with van der Waals surface area (Å²) in [5, 5.41) is 2.96. The number of nitrogens with one attached hydrogen (secondary N) is 1. The van der Waals surface area contributed by atoms with E-state index in [1.54, 1.807) is 12.1 Å². The molecule has 1 fully saturated rings. The Morgan fingerprint density at radius 3 is 2.71 bits per heavy atom. The molecule has 0 aliphatic heterocycles. The Kier molecular flexibility index (Phi) is 5.91. The van der Waals surface area contributed by atoms with Crippen molar-refractivity contribution in [1.82, 2.24) is 5.32 Å². The maximum Gasteiger partial charge on any atom is 0.232 e.